The molecule has 2 saturated heterocycles. The highest BCUT2D eigenvalue weighted by Gasteiger charge is 2.24. The molecule has 0 aliphatic carbocycles. The van der Waals surface area contributed by atoms with Crippen molar-refractivity contribution in [2.24, 2.45) is 5.92 Å². The van der Waals surface area contributed by atoms with Crippen molar-refractivity contribution in [3.63, 3.8) is 0 Å². The lowest BCUT2D eigenvalue weighted by atomic mass is 10.1. The second-order valence-electron chi connectivity index (χ2n) is 7.85. The Balaban J connectivity index is 1.30. The van der Waals surface area contributed by atoms with Gasteiger partial charge in [-0.05, 0) is 49.4 Å². The molecule has 2 unspecified atom stereocenters. The maximum Gasteiger partial charge on any atom is 0.252 e. The fourth-order valence-corrected chi connectivity index (χ4v) is 5.11. The first-order valence-corrected chi connectivity index (χ1v) is 11.4. The van der Waals surface area contributed by atoms with Gasteiger partial charge in [-0.25, -0.2) is 8.78 Å². The highest BCUT2D eigenvalue weighted by Crippen LogP contribution is 2.28. The molecule has 0 bridgehead atoms. The summed E-state index contributed by atoms with van der Waals surface area (Å²) in [5.74, 6) is -0.611. The fraction of sp³-hybridized carbons (Fsp3) is 0.435. The molecule has 1 amide bonds. The van der Waals surface area contributed by atoms with E-state index in [1.807, 2.05) is 29.2 Å². The number of hydrogen-bond acceptors (Lipinski definition) is 4. The van der Waals surface area contributed by atoms with Gasteiger partial charge in [0.2, 0.25) is 0 Å². The fourth-order valence-electron chi connectivity index (χ4n) is 3.99. The van der Waals surface area contributed by atoms with E-state index in [0.29, 0.717) is 24.3 Å². The highest BCUT2D eigenvalue weighted by molar-refractivity contribution is 7.99. The summed E-state index contributed by atoms with van der Waals surface area (Å²) in [5, 5.41) is 3.06. The molecule has 2 fully saturated rings. The molecular formula is C23H26F2N2O2S. The molecule has 2 atom stereocenters. The van der Waals surface area contributed by atoms with Gasteiger partial charge in [0.25, 0.3) is 5.91 Å². The third-order valence-corrected chi connectivity index (χ3v) is 6.89. The largest absolute Gasteiger partial charge is 0.377 e. The Hall–Kier alpha value is -2.12. The van der Waals surface area contributed by atoms with Crippen molar-refractivity contribution in [3.8, 4) is 0 Å². The molecule has 2 aromatic rings. The summed E-state index contributed by atoms with van der Waals surface area (Å²) < 4.78 is 32.3. The monoisotopic (exact) mass is 432 g/mol. The molecule has 0 saturated carbocycles. The SMILES string of the molecule is O=C(NCC1CCN(c2ccc(F)c(F)c2)C1)c1ccccc1SCC1CCCO1. The van der Waals surface area contributed by atoms with E-state index in [4.69, 9.17) is 4.74 Å². The molecule has 0 spiro atoms. The van der Waals surface area contributed by atoms with Crippen LogP contribution in [0.4, 0.5) is 14.5 Å². The van der Waals surface area contributed by atoms with Crippen LogP contribution in [0.25, 0.3) is 0 Å². The second-order valence-corrected chi connectivity index (χ2v) is 8.91. The minimum Gasteiger partial charge on any atom is -0.377 e. The maximum absolute atomic E-state index is 13.5. The van der Waals surface area contributed by atoms with Crippen LogP contribution in [0.2, 0.25) is 0 Å². The van der Waals surface area contributed by atoms with Gasteiger partial charge in [0.05, 0.1) is 11.7 Å². The third-order valence-electron chi connectivity index (χ3n) is 5.69. The molecule has 2 heterocycles. The van der Waals surface area contributed by atoms with E-state index >= 15 is 0 Å². The molecule has 0 radical (unpaired) electrons. The number of benzene rings is 2. The van der Waals surface area contributed by atoms with Gasteiger partial charge in [-0.2, -0.15) is 0 Å². The van der Waals surface area contributed by atoms with Crippen molar-refractivity contribution in [1.82, 2.24) is 5.32 Å². The number of carbonyl (C=O) groups is 1. The predicted octanol–water partition coefficient (Wildman–Crippen LogP) is 4.49. The number of ether oxygens (including phenoxy) is 1. The van der Waals surface area contributed by atoms with Crippen molar-refractivity contribution in [2.45, 2.75) is 30.3 Å². The number of halogens is 2. The molecular weight excluding hydrogens is 406 g/mol. The van der Waals surface area contributed by atoms with E-state index < -0.39 is 11.6 Å². The topological polar surface area (TPSA) is 41.6 Å². The zero-order valence-electron chi connectivity index (χ0n) is 16.8. The summed E-state index contributed by atoms with van der Waals surface area (Å²) in [6.07, 6.45) is 3.36. The van der Waals surface area contributed by atoms with E-state index in [0.717, 1.165) is 49.1 Å². The zero-order valence-corrected chi connectivity index (χ0v) is 17.6. The summed E-state index contributed by atoms with van der Waals surface area (Å²) >= 11 is 1.67. The van der Waals surface area contributed by atoms with E-state index in [-0.39, 0.29) is 17.9 Å². The Bertz CT molecular complexity index is 889. The molecule has 4 rings (SSSR count). The number of thioether (sulfide) groups is 1. The molecule has 30 heavy (non-hydrogen) atoms. The van der Waals surface area contributed by atoms with Crippen molar-refractivity contribution < 1.29 is 18.3 Å². The average Bonchev–Trinajstić information content (AvgIpc) is 3.45. The van der Waals surface area contributed by atoms with Gasteiger partial charge in [0.15, 0.2) is 11.6 Å². The van der Waals surface area contributed by atoms with Crippen molar-refractivity contribution in [2.75, 3.05) is 36.9 Å². The molecule has 7 heteroatoms. The van der Waals surface area contributed by atoms with E-state index in [1.165, 1.54) is 6.07 Å². The van der Waals surface area contributed by atoms with Crippen LogP contribution < -0.4 is 10.2 Å². The van der Waals surface area contributed by atoms with Crippen LogP contribution in [0, 0.1) is 17.6 Å². The first kappa shape index (κ1) is 21.1. The first-order chi connectivity index (χ1) is 14.6. The first-order valence-electron chi connectivity index (χ1n) is 10.4. The van der Waals surface area contributed by atoms with Crippen LogP contribution in [0.3, 0.4) is 0 Å². The van der Waals surface area contributed by atoms with Crippen molar-refractivity contribution in [3.05, 3.63) is 59.7 Å². The molecule has 0 aromatic heterocycles. The van der Waals surface area contributed by atoms with Gasteiger partial charge >= 0.3 is 0 Å². The Kier molecular flexibility index (Phi) is 6.89. The Labute approximate surface area is 180 Å². The van der Waals surface area contributed by atoms with Gasteiger partial charge in [-0.1, -0.05) is 12.1 Å². The summed E-state index contributed by atoms with van der Waals surface area (Å²) in [6, 6.07) is 11.7. The Morgan fingerprint density at radius 1 is 1.17 bits per heavy atom. The standard InChI is InChI=1S/C23H26F2N2O2S/c24-20-8-7-17(12-21(20)25)27-10-9-16(14-27)13-26-23(28)19-5-1-2-6-22(19)30-15-18-4-3-11-29-18/h1-2,5-8,12,16,18H,3-4,9-11,13-15H2,(H,26,28). The molecule has 2 aliphatic heterocycles. The lowest BCUT2D eigenvalue weighted by molar-refractivity contribution is 0.0945. The minimum atomic E-state index is -0.835. The smallest absolute Gasteiger partial charge is 0.252 e. The predicted molar refractivity (Wildman–Crippen MR) is 115 cm³/mol. The number of nitrogens with zero attached hydrogens (tertiary/aromatic N) is 1. The number of nitrogens with one attached hydrogen (secondary N) is 1. The lowest BCUT2D eigenvalue weighted by Crippen LogP contribution is -2.31. The number of hydrogen-bond donors (Lipinski definition) is 1. The molecule has 160 valence electrons. The molecule has 4 nitrogen and oxygen atoms in total. The summed E-state index contributed by atoms with van der Waals surface area (Å²) in [5.41, 5.74) is 1.37. The third kappa shape index (κ3) is 5.13. The van der Waals surface area contributed by atoms with Crippen LogP contribution in [0.15, 0.2) is 47.4 Å². The number of amides is 1. The van der Waals surface area contributed by atoms with Crippen LogP contribution in [-0.2, 0) is 4.74 Å². The normalized spacial score (nSPS) is 21.2. The maximum atomic E-state index is 13.5. The van der Waals surface area contributed by atoms with E-state index in [9.17, 15) is 13.6 Å². The second kappa shape index (κ2) is 9.79. The van der Waals surface area contributed by atoms with Crippen molar-refractivity contribution >= 4 is 23.4 Å². The van der Waals surface area contributed by atoms with Crippen LogP contribution in [0.1, 0.15) is 29.6 Å². The number of rotatable bonds is 7. The van der Waals surface area contributed by atoms with Crippen LogP contribution >= 0.6 is 11.8 Å². The molecule has 2 aliphatic rings. The Morgan fingerprint density at radius 3 is 2.83 bits per heavy atom. The van der Waals surface area contributed by atoms with E-state index in [1.54, 1.807) is 17.8 Å². The average molecular weight is 433 g/mol. The number of carbonyl (C=O) groups excluding carboxylic acids is 1. The van der Waals surface area contributed by atoms with Gasteiger partial charge in [-0.15, -0.1) is 11.8 Å². The van der Waals surface area contributed by atoms with Crippen molar-refractivity contribution in [1.29, 1.82) is 0 Å². The van der Waals surface area contributed by atoms with E-state index in [2.05, 4.69) is 5.32 Å². The quantitative estimate of drug-likeness (QED) is 0.655. The van der Waals surface area contributed by atoms with Crippen LogP contribution in [-0.4, -0.2) is 44.0 Å². The van der Waals surface area contributed by atoms with Gasteiger partial charge in [-0.3, -0.25) is 4.79 Å². The van der Waals surface area contributed by atoms with Gasteiger partial charge < -0.3 is 15.0 Å². The summed E-state index contributed by atoms with van der Waals surface area (Å²) in [7, 11) is 0. The summed E-state index contributed by atoms with van der Waals surface area (Å²) in [4.78, 5) is 15.8. The Morgan fingerprint density at radius 2 is 2.03 bits per heavy atom. The lowest BCUT2D eigenvalue weighted by Gasteiger charge is -2.19. The van der Waals surface area contributed by atoms with Crippen LogP contribution in [0.5, 0.6) is 0 Å². The minimum absolute atomic E-state index is 0.0725. The highest BCUT2D eigenvalue weighted by atomic mass is 32.2. The number of anilines is 1. The zero-order chi connectivity index (χ0) is 20.9. The molecule has 1 N–H and O–H groups in total. The summed E-state index contributed by atoms with van der Waals surface area (Å²) in [6.45, 7) is 2.86. The molecule has 2 aromatic carbocycles. The van der Waals surface area contributed by atoms with Gasteiger partial charge in [0.1, 0.15) is 0 Å². The van der Waals surface area contributed by atoms with Gasteiger partial charge in [0, 0.05) is 48.6 Å².